The number of benzene rings is 18. The lowest BCUT2D eigenvalue weighted by molar-refractivity contribution is 0.723. The molecule has 0 bridgehead atoms. The third-order valence-corrected chi connectivity index (χ3v) is 28.6. The number of hydrogen-bond acceptors (Lipinski definition) is 8. The van der Waals surface area contributed by atoms with E-state index in [0.29, 0.717) is 11.6 Å². The van der Waals surface area contributed by atoms with Crippen LogP contribution < -0.4 is 0 Å². The molecule has 0 fully saturated rings. The van der Waals surface area contributed by atoms with E-state index in [0.717, 1.165) is 128 Å². The Labute approximate surface area is 749 Å². The number of rotatable bonds is 10. The minimum absolute atomic E-state index is 0.442. The van der Waals surface area contributed by atoms with E-state index in [4.69, 9.17) is 29.9 Å². The summed E-state index contributed by atoms with van der Waals surface area (Å²) < 4.78 is 0. The van der Waals surface area contributed by atoms with E-state index in [9.17, 15) is 0 Å². The lowest BCUT2D eigenvalue weighted by Crippen LogP contribution is -2.31. The van der Waals surface area contributed by atoms with Crippen LogP contribution in [0.1, 0.15) is 44.5 Å². The van der Waals surface area contributed by atoms with Gasteiger partial charge in [-0.05, 0) is 179 Å². The highest BCUT2D eigenvalue weighted by Crippen LogP contribution is 2.65. The second-order valence-electron chi connectivity index (χ2n) is 33.3. The van der Waals surface area contributed by atoms with Gasteiger partial charge in [0.15, 0.2) is 11.6 Å². The number of aromatic nitrogens is 6. The van der Waals surface area contributed by atoms with Crippen molar-refractivity contribution in [2.45, 2.75) is 30.4 Å². The first kappa shape index (κ1) is 74.8. The van der Waals surface area contributed by atoms with Crippen LogP contribution in [0.3, 0.4) is 0 Å². The smallest absolute Gasteiger partial charge is 0.160 e. The van der Waals surface area contributed by atoms with Crippen molar-refractivity contribution in [1.29, 1.82) is 0 Å². The van der Waals surface area contributed by atoms with Crippen LogP contribution in [0.25, 0.3) is 178 Å². The molecule has 128 heavy (non-hydrogen) atoms. The molecule has 18 aromatic carbocycles. The lowest BCUT2D eigenvalue weighted by atomic mass is 9.67. The van der Waals surface area contributed by atoms with Crippen molar-refractivity contribution < 1.29 is 0 Å². The summed E-state index contributed by atoms with van der Waals surface area (Å²) >= 11 is 3.76. The molecule has 0 saturated carbocycles. The second-order valence-corrected chi connectivity index (χ2v) is 35.5. The van der Waals surface area contributed by atoms with Crippen molar-refractivity contribution in [3.05, 3.63) is 493 Å². The molecule has 2 spiro atoms. The van der Waals surface area contributed by atoms with Crippen molar-refractivity contribution in [1.82, 2.24) is 29.9 Å². The topological polar surface area (TPSA) is 77.3 Å². The summed E-state index contributed by atoms with van der Waals surface area (Å²) in [6, 6.07) is 162. The van der Waals surface area contributed by atoms with Crippen LogP contribution in [-0.2, 0) is 10.8 Å². The van der Waals surface area contributed by atoms with Crippen LogP contribution in [0.4, 0.5) is 0 Å². The Hall–Kier alpha value is -15.8. The van der Waals surface area contributed by atoms with Gasteiger partial charge in [0.1, 0.15) is 0 Å². The van der Waals surface area contributed by atoms with Crippen LogP contribution in [0.15, 0.2) is 468 Å². The van der Waals surface area contributed by atoms with Crippen LogP contribution in [0.2, 0.25) is 0 Å². The molecule has 22 aromatic rings. The van der Waals surface area contributed by atoms with E-state index in [2.05, 4.69) is 394 Å². The van der Waals surface area contributed by atoms with Gasteiger partial charge in [-0.25, -0.2) is 29.9 Å². The zero-order chi connectivity index (χ0) is 84.4. The Morgan fingerprint density at radius 1 is 0.156 bits per heavy atom. The average molecular weight is 1660 g/mol. The van der Waals surface area contributed by atoms with Crippen LogP contribution >= 0.6 is 23.5 Å². The highest BCUT2D eigenvalue weighted by molar-refractivity contribution is 7.99. The van der Waals surface area contributed by atoms with Gasteiger partial charge >= 0.3 is 0 Å². The molecular weight excluding hydrogens is 1590 g/mol. The van der Waals surface area contributed by atoms with Gasteiger partial charge in [-0.1, -0.05) is 394 Å². The minimum atomic E-state index is -0.456. The zero-order valence-electron chi connectivity index (χ0n) is 69.2. The van der Waals surface area contributed by atoms with Crippen LogP contribution in [0.5, 0.6) is 0 Å². The van der Waals surface area contributed by atoms with Crippen molar-refractivity contribution in [2.24, 2.45) is 0 Å². The van der Waals surface area contributed by atoms with Gasteiger partial charge in [-0.2, -0.15) is 0 Å². The zero-order valence-corrected chi connectivity index (χ0v) is 70.9. The summed E-state index contributed by atoms with van der Waals surface area (Å²) in [7, 11) is 0. The summed E-state index contributed by atoms with van der Waals surface area (Å²) in [5.41, 5.74) is 35.2. The van der Waals surface area contributed by atoms with Gasteiger partial charge in [-0.3, -0.25) is 0 Å². The molecule has 0 amide bonds. The molecule has 26 rings (SSSR count). The average Bonchev–Trinajstić information content (AvgIpc) is 1.51. The Bertz CT molecular complexity index is 8080. The van der Waals surface area contributed by atoms with Crippen molar-refractivity contribution >= 4 is 66.9 Å². The van der Waals surface area contributed by atoms with Crippen molar-refractivity contribution in [3.63, 3.8) is 0 Å². The SMILES string of the molecule is c1ccc(-c2cc(-c3ccc(-c4ccc(-c5nc6ccccc6c6cc7c(cc56)-c5ccccc5C75c6ccccc6Sc6ccccc65)cc4)cc3)nc(-c3ccccc3)n2)cc1.c1ccc(-c2cccc(-c3cc(-c4ccc(-c5nc6ccccc6c6cc7c(cc56)-c5ccccc5C75c6ccccc6Sc6ccccc65)cc4)nc(-c4ccccc4)n3)c2)cc1. The van der Waals surface area contributed by atoms with E-state index in [1.54, 1.807) is 0 Å². The number of pyridine rings is 2. The van der Waals surface area contributed by atoms with Crippen molar-refractivity contribution in [3.8, 4) is 135 Å². The maximum absolute atomic E-state index is 5.45. The molecule has 6 nitrogen and oxygen atoms in total. The monoisotopic (exact) mass is 1660 g/mol. The molecule has 2 aliphatic carbocycles. The summed E-state index contributed by atoms with van der Waals surface area (Å²) in [5.74, 6) is 1.40. The van der Waals surface area contributed by atoms with Gasteiger partial charge in [0.05, 0.1) is 56.0 Å². The molecule has 0 radical (unpaired) electrons. The third-order valence-electron chi connectivity index (χ3n) is 26.3. The standard InChI is InChI=1S/2C60H37N3S/c1-3-16-38(17-4-1)42-20-15-21-43(34-42)55-37-54(62-59(63-55)41-18-5-2-6-19-41)39-30-32-40(33-31-39)58-48-35-47-44-22-7-9-24-49(44)60(52(47)36-46(48)45-23-8-12-27-53(45)61-58)50-25-10-13-28-56(50)64-57-29-14-11-26-51(57)60;1-3-15-40(16-4-1)54-37-55(63-59(62-54)43-17-5-2-6-18-43)41-31-27-38(28-32-41)39-29-33-42(34-30-39)58-48-35-47-44-19-7-9-21-49(44)60(52(47)36-46(48)45-20-8-12-24-53(45)61-58)50-22-10-13-25-56(50)64-57-26-14-11-23-51(57)60/h2*1-37H. The Balaban J connectivity index is 0.000000139. The molecule has 0 unspecified atom stereocenters. The first-order valence-corrected chi connectivity index (χ1v) is 45.1. The lowest BCUT2D eigenvalue weighted by Gasteiger charge is -2.39. The quantitative estimate of drug-likeness (QED) is 0.125. The molecule has 0 atom stereocenters. The number of hydrogen-bond donors (Lipinski definition) is 0. The number of nitrogens with zero attached hydrogens (tertiary/aromatic N) is 6. The van der Waals surface area contributed by atoms with E-state index in [1.165, 1.54) is 103 Å². The summed E-state index contributed by atoms with van der Waals surface area (Å²) in [5, 5.41) is 7.02. The normalized spacial score (nSPS) is 13.1. The molecular formula is C120H74N6S2. The van der Waals surface area contributed by atoms with E-state index < -0.39 is 10.8 Å². The van der Waals surface area contributed by atoms with Gasteiger partial charge in [0.2, 0.25) is 0 Å². The molecule has 4 aromatic heterocycles. The fourth-order valence-electron chi connectivity index (χ4n) is 20.5. The van der Waals surface area contributed by atoms with Crippen LogP contribution in [0, 0.1) is 0 Å². The third kappa shape index (κ3) is 12.2. The predicted octanol–water partition coefficient (Wildman–Crippen LogP) is 30.7. The maximum atomic E-state index is 5.45. The van der Waals surface area contributed by atoms with E-state index in [1.807, 2.05) is 78.1 Å². The van der Waals surface area contributed by atoms with E-state index in [-0.39, 0.29) is 0 Å². The fourth-order valence-corrected chi connectivity index (χ4v) is 22.9. The minimum Gasteiger partial charge on any atom is -0.247 e. The number of para-hydroxylation sites is 2. The van der Waals surface area contributed by atoms with Crippen molar-refractivity contribution in [2.75, 3.05) is 0 Å². The highest BCUT2D eigenvalue weighted by Gasteiger charge is 2.52. The second kappa shape index (κ2) is 30.5. The van der Waals surface area contributed by atoms with Gasteiger partial charge in [-0.15, -0.1) is 0 Å². The summed E-state index contributed by atoms with van der Waals surface area (Å²) in [6.07, 6.45) is 0. The van der Waals surface area contributed by atoms with Crippen LogP contribution in [-0.4, -0.2) is 29.9 Å². The molecule has 6 heterocycles. The molecule has 0 saturated heterocycles. The first-order chi connectivity index (χ1) is 63.4. The predicted molar refractivity (Wildman–Crippen MR) is 527 cm³/mol. The fraction of sp³-hybridized carbons (Fsp3) is 0.0167. The summed E-state index contributed by atoms with van der Waals surface area (Å²) in [6.45, 7) is 0. The van der Waals surface area contributed by atoms with E-state index >= 15 is 0 Å². The highest BCUT2D eigenvalue weighted by atomic mass is 32.2. The largest absolute Gasteiger partial charge is 0.247 e. The number of fused-ring (bicyclic) bond motifs is 24. The maximum Gasteiger partial charge on any atom is 0.160 e. The molecule has 2 aliphatic heterocycles. The van der Waals surface area contributed by atoms with Gasteiger partial charge < -0.3 is 0 Å². The molecule has 4 aliphatic rings. The summed E-state index contributed by atoms with van der Waals surface area (Å²) in [4.78, 5) is 36.4. The van der Waals surface area contributed by atoms with Gasteiger partial charge in [0.25, 0.3) is 0 Å². The molecule has 596 valence electrons. The molecule has 0 N–H and O–H groups in total. The Morgan fingerprint density at radius 2 is 0.445 bits per heavy atom. The Kier molecular flexibility index (Phi) is 17.8. The van der Waals surface area contributed by atoms with Gasteiger partial charge in [0, 0.05) is 85.6 Å². The molecule has 8 heteroatoms. The first-order valence-electron chi connectivity index (χ1n) is 43.5. The Morgan fingerprint density at radius 3 is 0.852 bits per heavy atom.